The molecule has 0 spiro atoms. The minimum absolute atomic E-state index is 0.0634. The van der Waals surface area contributed by atoms with E-state index in [0.29, 0.717) is 11.9 Å². The van der Waals surface area contributed by atoms with Crippen LogP contribution in [0.1, 0.15) is 5.56 Å². The summed E-state index contributed by atoms with van der Waals surface area (Å²) in [6, 6.07) is 12.3. The summed E-state index contributed by atoms with van der Waals surface area (Å²) in [6.45, 7) is -3.48. The first-order valence-corrected chi connectivity index (χ1v) is 9.06. The number of alkyl halides is 5. The molecule has 0 radical (unpaired) electrons. The fourth-order valence-corrected chi connectivity index (χ4v) is 2.44. The van der Waals surface area contributed by atoms with Crippen molar-refractivity contribution in [2.24, 2.45) is 5.73 Å². The van der Waals surface area contributed by atoms with Crippen molar-refractivity contribution in [3.8, 4) is 0 Å². The molecule has 0 aliphatic carbocycles. The number of halogens is 5. The summed E-state index contributed by atoms with van der Waals surface area (Å²) in [4.78, 5) is 12.6. The standard InChI is InChI=1S/C21H19F5N4O2/c22-20(23)32-17(12-29-15-8-4-5-13(11-15)21(24,25)26)19(31)18(28)16(9-10-27)30-14-6-2-1-3-7-14/h1-9,11-12,20,28-30H,10,27H2/b16-9-,17-12+,28-18?. The number of ether oxygens (including phenoxy) is 1. The van der Waals surface area contributed by atoms with Crippen LogP contribution in [0.5, 0.6) is 0 Å². The summed E-state index contributed by atoms with van der Waals surface area (Å²) in [5.74, 6) is -2.21. The molecule has 32 heavy (non-hydrogen) atoms. The normalized spacial score (nSPS) is 12.5. The molecular weight excluding hydrogens is 435 g/mol. The van der Waals surface area contributed by atoms with Crippen LogP contribution in [0.3, 0.4) is 0 Å². The zero-order valence-electron chi connectivity index (χ0n) is 16.4. The van der Waals surface area contributed by atoms with Gasteiger partial charge in [-0.25, -0.2) is 0 Å². The second kappa shape index (κ2) is 11.0. The second-order valence-electron chi connectivity index (χ2n) is 6.16. The minimum Gasteiger partial charge on any atom is -0.429 e. The number of nitrogens with two attached hydrogens (primary N) is 1. The van der Waals surface area contributed by atoms with Gasteiger partial charge in [-0.2, -0.15) is 22.0 Å². The van der Waals surface area contributed by atoms with Crippen molar-refractivity contribution in [1.82, 2.24) is 0 Å². The largest absolute Gasteiger partial charge is 0.429 e. The van der Waals surface area contributed by atoms with Crippen LogP contribution in [0.15, 0.2) is 78.3 Å². The third-order valence-corrected chi connectivity index (χ3v) is 3.87. The van der Waals surface area contributed by atoms with Crippen LogP contribution < -0.4 is 16.4 Å². The Balaban J connectivity index is 2.27. The summed E-state index contributed by atoms with van der Waals surface area (Å²) < 4.78 is 68.4. The van der Waals surface area contributed by atoms with Gasteiger partial charge in [0.05, 0.1) is 11.3 Å². The second-order valence-corrected chi connectivity index (χ2v) is 6.16. The number of hydrogen-bond donors (Lipinski definition) is 4. The molecule has 0 heterocycles. The Morgan fingerprint density at radius 3 is 2.34 bits per heavy atom. The SMILES string of the molecule is N=C(C(=O)/C(=C\Nc1cccc(C(F)(F)F)c1)OC(F)F)/C(=C/CN)Nc1ccccc1. The van der Waals surface area contributed by atoms with Crippen molar-refractivity contribution in [3.05, 3.63) is 83.9 Å². The summed E-state index contributed by atoms with van der Waals surface area (Å²) in [7, 11) is 0. The molecular formula is C21H19F5N4O2. The quantitative estimate of drug-likeness (QED) is 0.180. The lowest BCUT2D eigenvalue weighted by Crippen LogP contribution is -2.25. The average Bonchev–Trinajstić information content (AvgIpc) is 2.75. The summed E-state index contributed by atoms with van der Waals surface area (Å²) >= 11 is 0. The molecule has 0 saturated heterocycles. The predicted molar refractivity (Wildman–Crippen MR) is 110 cm³/mol. The lowest BCUT2D eigenvalue weighted by Gasteiger charge is -2.14. The Kier molecular flexibility index (Phi) is 8.47. The average molecular weight is 454 g/mol. The third kappa shape index (κ3) is 7.20. The number of benzene rings is 2. The number of anilines is 2. The number of para-hydroxylation sites is 1. The highest BCUT2D eigenvalue weighted by Gasteiger charge is 2.30. The Morgan fingerprint density at radius 2 is 1.75 bits per heavy atom. The Labute approximate surface area is 180 Å². The monoisotopic (exact) mass is 454 g/mol. The molecule has 5 N–H and O–H groups in total. The molecule has 0 atom stereocenters. The molecule has 0 unspecified atom stereocenters. The molecule has 0 aliphatic rings. The highest BCUT2D eigenvalue weighted by Crippen LogP contribution is 2.30. The maximum Gasteiger partial charge on any atom is 0.416 e. The van der Waals surface area contributed by atoms with Crippen LogP contribution in [-0.4, -0.2) is 24.7 Å². The van der Waals surface area contributed by atoms with Gasteiger partial charge < -0.3 is 21.1 Å². The van der Waals surface area contributed by atoms with Crippen LogP contribution in [0.2, 0.25) is 0 Å². The van der Waals surface area contributed by atoms with E-state index < -0.39 is 35.6 Å². The number of rotatable bonds is 10. The first kappa shape index (κ1) is 24.5. The van der Waals surface area contributed by atoms with E-state index in [0.717, 1.165) is 18.2 Å². The Hall–Kier alpha value is -3.73. The topological polar surface area (TPSA) is 100 Å². The number of carbonyl (C=O) groups excluding carboxylic acids is 1. The zero-order valence-corrected chi connectivity index (χ0v) is 16.4. The van der Waals surface area contributed by atoms with Gasteiger partial charge in [-0.15, -0.1) is 0 Å². The van der Waals surface area contributed by atoms with Gasteiger partial charge in [-0.05, 0) is 36.4 Å². The maximum atomic E-state index is 12.8. The van der Waals surface area contributed by atoms with Crippen molar-refractivity contribution in [3.63, 3.8) is 0 Å². The Morgan fingerprint density at radius 1 is 1.09 bits per heavy atom. The minimum atomic E-state index is -4.62. The Bertz CT molecular complexity index is 1000. The zero-order chi connectivity index (χ0) is 23.7. The van der Waals surface area contributed by atoms with Gasteiger partial charge in [-0.1, -0.05) is 24.3 Å². The van der Waals surface area contributed by atoms with Crippen molar-refractivity contribution in [1.29, 1.82) is 5.41 Å². The number of carbonyl (C=O) groups is 1. The van der Waals surface area contributed by atoms with Gasteiger partial charge in [-0.3, -0.25) is 10.2 Å². The van der Waals surface area contributed by atoms with E-state index in [1.165, 1.54) is 12.1 Å². The van der Waals surface area contributed by atoms with Crippen LogP contribution in [0.4, 0.5) is 33.3 Å². The molecule has 6 nitrogen and oxygen atoms in total. The highest BCUT2D eigenvalue weighted by molar-refractivity contribution is 6.50. The van der Waals surface area contributed by atoms with Crippen molar-refractivity contribution in [2.45, 2.75) is 12.8 Å². The molecule has 11 heteroatoms. The molecule has 2 aromatic rings. The van der Waals surface area contributed by atoms with E-state index in [9.17, 15) is 26.7 Å². The number of nitrogens with one attached hydrogen (secondary N) is 3. The number of allylic oxidation sites excluding steroid dienone is 2. The fraction of sp³-hybridized carbons (Fsp3) is 0.143. The smallest absolute Gasteiger partial charge is 0.416 e. The van der Waals surface area contributed by atoms with Crippen molar-refractivity contribution in [2.75, 3.05) is 17.2 Å². The van der Waals surface area contributed by atoms with Gasteiger partial charge >= 0.3 is 12.8 Å². The number of hydrogen-bond acceptors (Lipinski definition) is 6. The summed E-state index contributed by atoms with van der Waals surface area (Å²) in [5.41, 5.74) is 4.06. The lowest BCUT2D eigenvalue weighted by molar-refractivity contribution is -0.137. The van der Waals surface area contributed by atoms with Gasteiger partial charge in [0.25, 0.3) is 0 Å². The molecule has 0 aliphatic heterocycles. The van der Waals surface area contributed by atoms with E-state index in [1.807, 2.05) is 0 Å². The van der Waals surface area contributed by atoms with Crippen LogP contribution in [0, 0.1) is 5.41 Å². The van der Waals surface area contributed by atoms with Gasteiger partial charge in [0.2, 0.25) is 5.78 Å². The summed E-state index contributed by atoms with van der Waals surface area (Å²) in [6.07, 6.45) is -2.65. The van der Waals surface area contributed by atoms with Gasteiger partial charge in [0.15, 0.2) is 5.76 Å². The van der Waals surface area contributed by atoms with E-state index >= 15 is 0 Å². The number of ketones is 1. The van der Waals surface area contributed by atoms with Gasteiger partial charge in [0, 0.05) is 24.1 Å². The van der Waals surface area contributed by atoms with E-state index in [4.69, 9.17) is 11.1 Å². The molecule has 0 bridgehead atoms. The third-order valence-electron chi connectivity index (χ3n) is 3.87. The highest BCUT2D eigenvalue weighted by atomic mass is 19.4. The molecule has 2 aromatic carbocycles. The predicted octanol–water partition coefficient (Wildman–Crippen LogP) is 4.74. The van der Waals surface area contributed by atoms with E-state index in [1.54, 1.807) is 30.3 Å². The fourth-order valence-electron chi connectivity index (χ4n) is 2.44. The van der Waals surface area contributed by atoms with Gasteiger partial charge in [0.1, 0.15) is 5.71 Å². The van der Waals surface area contributed by atoms with Crippen molar-refractivity contribution < 1.29 is 31.5 Å². The summed E-state index contributed by atoms with van der Waals surface area (Å²) in [5, 5.41) is 13.2. The molecule has 170 valence electrons. The number of Topliss-reactive ketones (excluding diaryl/α,β-unsaturated/α-hetero) is 1. The lowest BCUT2D eigenvalue weighted by atomic mass is 10.1. The van der Waals surface area contributed by atoms with Crippen LogP contribution >= 0.6 is 0 Å². The molecule has 0 amide bonds. The molecule has 0 fully saturated rings. The first-order chi connectivity index (χ1) is 15.1. The van der Waals surface area contributed by atoms with Crippen molar-refractivity contribution >= 4 is 22.9 Å². The maximum absolute atomic E-state index is 12.8. The first-order valence-electron chi connectivity index (χ1n) is 9.06. The van der Waals surface area contributed by atoms with Crippen LogP contribution in [0.25, 0.3) is 0 Å². The molecule has 0 aromatic heterocycles. The molecule has 2 rings (SSSR count). The van der Waals surface area contributed by atoms with E-state index in [-0.39, 0.29) is 17.9 Å². The van der Waals surface area contributed by atoms with Crippen LogP contribution in [-0.2, 0) is 15.7 Å². The van der Waals surface area contributed by atoms with E-state index in [2.05, 4.69) is 15.4 Å². The molecule has 0 saturated carbocycles.